The summed E-state index contributed by atoms with van der Waals surface area (Å²) in [4.78, 5) is 49.7. The van der Waals surface area contributed by atoms with Gasteiger partial charge in [0.25, 0.3) is 0 Å². The molecule has 5 unspecified atom stereocenters. The lowest BCUT2D eigenvalue weighted by Crippen LogP contribution is -2.55. The molecule has 1 aromatic heterocycles. The molecule has 2 aromatic rings. The molecule has 5 atom stereocenters. The van der Waals surface area contributed by atoms with Crippen LogP contribution in [0.25, 0.3) is 10.2 Å². The highest BCUT2D eigenvalue weighted by molar-refractivity contribution is 7.22. The van der Waals surface area contributed by atoms with E-state index in [-0.39, 0.29) is 41.5 Å². The van der Waals surface area contributed by atoms with E-state index in [2.05, 4.69) is 15.3 Å². The number of fused-ring (bicyclic) bond motifs is 5. The van der Waals surface area contributed by atoms with Crippen LogP contribution in [0.2, 0.25) is 0 Å². The first-order valence-corrected chi connectivity index (χ1v) is 11.5. The normalized spacial score (nSPS) is 33.5. The summed E-state index contributed by atoms with van der Waals surface area (Å²) in [5, 5.41) is 3.75. The Balaban J connectivity index is 1.46. The molecule has 3 N–H and O–H groups in total. The van der Waals surface area contributed by atoms with Crippen LogP contribution in [0.15, 0.2) is 40.5 Å². The molecule has 33 heavy (non-hydrogen) atoms. The van der Waals surface area contributed by atoms with Crippen LogP contribution < -0.4 is 11.1 Å². The first-order valence-electron chi connectivity index (χ1n) is 10.6. The third-order valence-corrected chi connectivity index (χ3v) is 7.97. The number of nitrogens with one attached hydrogen (secondary N) is 1. The summed E-state index contributed by atoms with van der Waals surface area (Å²) in [5.41, 5.74) is 5.75. The van der Waals surface area contributed by atoms with Gasteiger partial charge in [0.05, 0.1) is 33.8 Å². The number of ketones is 2. The number of aromatic nitrogens is 1. The van der Waals surface area contributed by atoms with Gasteiger partial charge in [-0.3, -0.25) is 9.59 Å². The number of Topliss-reactive ketones (excluding diaryl/α,β-unsaturated/α-hetero) is 2. The molecule has 0 bridgehead atoms. The number of carbonyl (C=O) groups is 3. The van der Waals surface area contributed by atoms with Crippen LogP contribution >= 0.6 is 11.3 Å². The van der Waals surface area contributed by atoms with Gasteiger partial charge in [0, 0.05) is 25.3 Å². The van der Waals surface area contributed by atoms with Gasteiger partial charge < -0.3 is 25.4 Å². The average Bonchev–Trinajstić information content (AvgIpc) is 3.21. The molecule has 6 rings (SSSR count). The summed E-state index contributed by atoms with van der Waals surface area (Å²) >= 11 is 1.35. The standard InChI is InChI=1S/C22H21N5O5S/c1-9-15(26-21-25-11-5-3-4-6-13(11)33-21)18(29)14-10(8-32-20(23)30)22(31-2)19-12(24-19)7-27(22)16(14)17(9)28/h3-6,9-10,12,19,24H,7-8H2,1-2H3,(H2,23,30). The van der Waals surface area contributed by atoms with E-state index in [1.807, 2.05) is 29.2 Å². The molecule has 2 fully saturated rings. The zero-order valence-electron chi connectivity index (χ0n) is 17.9. The van der Waals surface area contributed by atoms with Gasteiger partial charge in [-0.15, -0.1) is 0 Å². The average molecular weight is 468 g/mol. The third kappa shape index (κ3) is 2.69. The number of rotatable bonds is 4. The number of ether oxygens (including phenoxy) is 2. The Labute approximate surface area is 192 Å². The predicted molar refractivity (Wildman–Crippen MR) is 119 cm³/mol. The van der Waals surface area contributed by atoms with Crippen LogP contribution in [-0.2, 0) is 19.1 Å². The van der Waals surface area contributed by atoms with E-state index in [9.17, 15) is 14.4 Å². The molecular weight excluding hydrogens is 446 g/mol. The number of hydrogen-bond acceptors (Lipinski definition) is 10. The minimum absolute atomic E-state index is 0.0878. The number of piperazine rings is 1. The van der Waals surface area contributed by atoms with Crippen molar-refractivity contribution in [1.29, 1.82) is 0 Å². The maximum atomic E-state index is 13.8. The Bertz CT molecular complexity index is 1270. The number of para-hydroxylation sites is 1. The van der Waals surface area contributed by atoms with Gasteiger partial charge >= 0.3 is 6.09 Å². The van der Waals surface area contributed by atoms with Gasteiger partial charge in [-0.05, 0) is 19.1 Å². The van der Waals surface area contributed by atoms with Gasteiger partial charge in [0.1, 0.15) is 12.3 Å². The van der Waals surface area contributed by atoms with Crippen molar-refractivity contribution in [3.8, 4) is 0 Å². The summed E-state index contributed by atoms with van der Waals surface area (Å²) in [5.74, 6) is -1.97. The lowest BCUT2D eigenvalue weighted by atomic mass is 9.78. The maximum Gasteiger partial charge on any atom is 0.404 e. The van der Waals surface area contributed by atoms with Crippen LogP contribution in [0, 0.1) is 11.8 Å². The first-order chi connectivity index (χ1) is 15.9. The molecule has 0 saturated carbocycles. The van der Waals surface area contributed by atoms with E-state index < -0.39 is 23.7 Å². The fourth-order valence-corrected chi connectivity index (χ4v) is 6.39. The maximum absolute atomic E-state index is 13.8. The summed E-state index contributed by atoms with van der Waals surface area (Å²) in [7, 11) is 1.54. The van der Waals surface area contributed by atoms with Gasteiger partial charge in [-0.1, -0.05) is 23.5 Å². The molecule has 1 aliphatic carbocycles. The molecule has 11 heteroatoms. The van der Waals surface area contributed by atoms with E-state index >= 15 is 0 Å². The van der Waals surface area contributed by atoms with E-state index in [4.69, 9.17) is 15.2 Å². The number of nitrogens with two attached hydrogens (primary N) is 1. The van der Waals surface area contributed by atoms with E-state index in [0.29, 0.717) is 17.4 Å². The Kier molecular flexibility index (Phi) is 4.29. The number of carbonyl (C=O) groups excluding carboxylic acids is 3. The third-order valence-electron chi connectivity index (χ3n) is 7.04. The predicted octanol–water partition coefficient (Wildman–Crippen LogP) is 1.13. The molecule has 0 radical (unpaired) electrons. The second-order valence-electron chi connectivity index (χ2n) is 8.64. The monoisotopic (exact) mass is 467 g/mol. The van der Waals surface area contributed by atoms with E-state index in [1.165, 1.54) is 11.3 Å². The Morgan fingerprint density at radius 2 is 2.18 bits per heavy atom. The van der Waals surface area contributed by atoms with Crippen molar-refractivity contribution >= 4 is 50.1 Å². The van der Waals surface area contributed by atoms with Crippen molar-refractivity contribution in [3.05, 3.63) is 35.5 Å². The number of hydrogen-bond donors (Lipinski definition) is 2. The number of primary amides is 1. The van der Waals surface area contributed by atoms with Crippen LogP contribution in [-0.4, -0.2) is 71.3 Å². The van der Waals surface area contributed by atoms with Crippen molar-refractivity contribution in [2.75, 3.05) is 20.3 Å². The van der Waals surface area contributed by atoms with Crippen LogP contribution in [0.5, 0.6) is 0 Å². The summed E-state index contributed by atoms with van der Waals surface area (Å²) in [6.45, 7) is 2.04. The molecule has 4 heterocycles. The van der Waals surface area contributed by atoms with Crippen molar-refractivity contribution in [1.82, 2.24) is 15.2 Å². The zero-order chi connectivity index (χ0) is 23.1. The quantitative estimate of drug-likeness (QED) is 0.637. The number of benzene rings is 1. The molecule has 2 saturated heterocycles. The largest absolute Gasteiger partial charge is 0.449 e. The van der Waals surface area contributed by atoms with Crippen molar-refractivity contribution in [2.45, 2.75) is 24.7 Å². The zero-order valence-corrected chi connectivity index (χ0v) is 18.7. The van der Waals surface area contributed by atoms with Crippen LogP contribution in [0.1, 0.15) is 6.92 Å². The molecule has 10 nitrogen and oxygen atoms in total. The van der Waals surface area contributed by atoms with Crippen molar-refractivity contribution in [3.63, 3.8) is 0 Å². The lowest BCUT2D eigenvalue weighted by Gasteiger charge is -2.39. The fraction of sp³-hybridized carbons (Fsp3) is 0.409. The van der Waals surface area contributed by atoms with Gasteiger partial charge in [0.15, 0.2) is 11.5 Å². The number of thiazole rings is 1. The molecule has 1 amide bonds. The fourth-order valence-electron chi connectivity index (χ4n) is 5.54. The van der Waals surface area contributed by atoms with Crippen LogP contribution in [0.4, 0.5) is 9.93 Å². The van der Waals surface area contributed by atoms with Gasteiger partial charge in [-0.25, -0.2) is 14.8 Å². The smallest absolute Gasteiger partial charge is 0.404 e. The Hall–Kier alpha value is -3.15. The Morgan fingerprint density at radius 3 is 2.91 bits per heavy atom. The number of amides is 1. The second kappa shape index (κ2) is 6.92. The summed E-state index contributed by atoms with van der Waals surface area (Å²) in [6.07, 6.45) is -0.952. The number of aliphatic imine (C=N–C) groups is 1. The van der Waals surface area contributed by atoms with Gasteiger partial charge in [0.2, 0.25) is 10.9 Å². The number of methoxy groups -OCH3 is 1. The first kappa shape index (κ1) is 20.5. The molecule has 3 aliphatic heterocycles. The summed E-state index contributed by atoms with van der Waals surface area (Å²) < 4.78 is 12.1. The van der Waals surface area contributed by atoms with Crippen LogP contribution in [0.3, 0.4) is 0 Å². The highest BCUT2D eigenvalue weighted by Gasteiger charge is 2.73. The van der Waals surface area contributed by atoms with E-state index in [1.54, 1.807) is 14.0 Å². The summed E-state index contributed by atoms with van der Waals surface area (Å²) in [6, 6.07) is 7.65. The Morgan fingerprint density at radius 1 is 1.39 bits per heavy atom. The second-order valence-corrected chi connectivity index (χ2v) is 9.65. The topological polar surface area (TPSA) is 146 Å². The lowest BCUT2D eigenvalue weighted by molar-refractivity contribution is -0.138. The highest BCUT2D eigenvalue weighted by atomic mass is 32.1. The van der Waals surface area contributed by atoms with Crippen molar-refractivity contribution < 1.29 is 23.9 Å². The van der Waals surface area contributed by atoms with Gasteiger partial charge in [-0.2, -0.15) is 0 Å². The minimum atomic E-state index is -0.999. The molecule has 4 aliphatic rings. The SMILES string of the molecule is COC12C(COC(N)=O)C3=C(C(=O)C(C)C(=Nc4nc5ccccc5s4)C3=O)N1CC1NC12. The molecule has 0 spiro atoms. The molecule has 1 aromatic carbocycles. The number of nitrogens with zero attached hydrogens (tertiary/aromatic N) is 3. The molecule has 170 valence electrons. The molecular formula is C22H21N5O5S. The minimum Gasteiger partial charge on any atom is -0.449 e. The number of allylic oxidation sites excluding steroid dienone is 1. The van der Waals surface area contributed by atoms with Crippen molar-refractivity contribution in [2.24, 2.45) is 22.6 Å². The highest BCUT2D eigenvalue weighted by Crippen LogP contribution is 2.55. The van der Waals surface area contributed by atoms with E-state index in [0.717, 1.165) is 10.2 Å².